The van der Waals surface area contributed by atoms with E-state index in [9.17, 15) is 14.4 Å². The maximum Gasteiger partial charge on any atom is 0.255 e. The van der Waals surface area contributed by atoms with Gasteiger partial charge >= 0.3 is 0 Å². The highest BCUT2D eigenvalue weighted by Crippen LogP contribution is 2.29. The summed E-state index contributed by atoms with van der Waals surface area (Å²) in [5.41, 5.74) is 5.06. The van der Waals surface area contributed by atoms with Gasteiger partial charge < -0.3 is 15.5 Å². The minimum atomic E-state index is -0.586. The van der Waals surface area contributed by atoms with Crippen molar-refractivity contribution in [3.05, 3.63) is 46.1 Å². The van der Waals surface area contributed by atoms with Crippen molar-refractivity contribution in [2.75, 3.05) is 11.9 Å². The summed E-state index contributed by atoms with van der Waals surface area (Å²) >= 11 is 0. The highest BCUT2D eigenvalue weighted by molar-refractivity contribution is 6.05. The number of piperidine rings is 1. The van der Waals surface area contributed by atoms with Gasteiger partial charge in [-0.1, -0.05) is 12.1 Å². The summed E-state index contributed by atoms with van der Waals surface area (Å²) in [7, 11) is 1.97. The molecular weight excluding hydrogens is 384 g/mol. The molecule has 1 unspecified atom stereocenters. The van der Waals surface area contributed by atoms with E-state index in [1.165, 1.54) is 11.3 Å². The molecule has 4 heterocycles. The monoisotopic (exact) mass is 408 g/mol. The minimum absolute atomic E-state index is 0.149. The molecule has 0 saturated carbocycles. The summed E-state index contributed by atoms with van der Waals surface area (Å²) in [6.07, 6.45) is 1.60. The number of aryl methyl sites for hydroxylation is 1. The van der Waals surface area contributed by atoms with Crippen molar-refractivity contribution in [3.63, 3.8) is 0 Å². The number of imide groups is 1. The number of anilines is 1. The maximum absolute atomic E-state index is 12.8. The van der Waals surface area contributed by atoms with Gasteiger partial charge in [0.2, 0.25) is 11.8 Å². The maximum atomic E-state index is 12.8. The van der Waals surface area contributed by atoms with Gasteiger partial charge in [-0.05, 0) is 23.6 Å². The van der Waals surface area contributed by atoms with Crippen LogP contribution in [0.15, 0.2) is 18.2 Å². The van der Waals surface area contributed by atoms with E-state index in [1.54, 1.807) is 4.90 Å². The Labute approximate surface area is 173 Å². The molecule has 9 heteroatoms. The van der Waals surface area contributed by atoms with Crippen LogP contribution in [0.2, 0.25) is 0 Å². The zero-order chi connectivity index (χ0) is 20.8. The number of benzene rings is 1. The van der Waals surface area contributed by atoms with Crippen LogP contribution in [0, 0.1) is 0 Å². The van der Waals surface area contributed by atoms with Crippen LogP contribution in [0.25, 0.3) is 0 Å². The van der Waals surface area contributed by atoms with Gasteiger partial charge in [-0.15, -0.1) is 0 Å². The summed E-state index contributed by atoms with van der Waals surface area (Å²) in [5, 5.41) is 13.8. The van der Waals surface area contributed by atoms with E-state index in [4.69, 9.17) is 0 Å². The van der Waals surface area contributed by atoms with Crippen molar-refractivity contribution in [2.45, 2.75) is 44.9 Å². The third-order valence-corrected chi connectivity index (χ3v) is 6.16. The van der Waals surface area contributed by atoms with Crippen LogP contribution in [0.5, 0.6) is 0 Å². The smallest absolute Gasteiger partial charge is 0.255 e. The van der Waals surface area contributed by atoms with Gasteiger partial charge in [0, 0.05) is 62.9 Å². The molecule has 5 rings (SSSR count). The number of carbonyl (C=O) groups is 3. The molecule has 0 radical (unpaired) electrons. The standard InChI is InChI=1S/C21H24N6O3/c1-26-16-6-7-22-10-15(16)19(25-26)23-9-12-2-3-14-13(8-12)11-27(21(14)30)17-4-5-18(28)24-20(17)29/h2-3,8,17,22H,4-7,9-11H2,1H3,(H,23,25)(H,24,28,29). The Balaban J connectivity index is 1.30. The lowest BCUT2D eigenvalue weighted by Crippen LogP contribution is -2.52. The summed E-state index contributed by atoms with van der Waals surface area (Å²) in [5.74, 6) is 0.0776. The van der Waals surface area contributed by atoms with E-state index in [0.717, 1.165) is 36.5 Å². The first-order chi connectivity index (χ1) is 14.5. The van der Waals surface area contributed by atoms with Crippen molar-refractivity contribution in [1.82, 2.24) is 25.3 Å². The van der Waals surface area contributed by atoms with Gasteiger partial charge in [-0.3, -0.25) is 24.4 Å². The lowest BCUT2D eigenvalue weighted by Gasteiger charge is -2.29. The van der Waals surface area contributed by atoms with Crippen LogP contribution in [-0.4, -0.2) is 45.0 Å². The molecule has 0 bridgehead atoms. The summed E-state index contributed by atoms with van der Waals surface area (Å²) in [4.78, 5) is 38.0. The summed E-state index contributed by atoms with van der Waals surface area (Å²) in [6.45, 7) is 2.76. The molecule has 1 fully saturated rings. The van der Waals surface area contributed by atoms with E-state index >= 15 is 0 Å². The van der Waals surface area contributed by atoms with Crippen molar-refractivity contribution >= 4 is 23.5 Å². The fourth-order valence-electron chi connectivity index (χ4n) is 4.59. The van der Waals surface area contributed by atoms with Crippen LogP contribution in [0.4, 0.5) is 5.82 Å². The number of hydrogen-bond acceptors (Lipinski definition) is 6. The molecule has 30 heavy (non-hydrogen) atoms. The number of amides is 3. The molecule has 1 aromatic carbocycles. The Hall–Kier alpha value is -3.20. The van der Waals surface area contributed by atoms with Gasteiger partial charge in [0.1, 0.15) is 6.04 Å². The molecule has 0 aliphatic carbocycles. The second kappa shape index (κ2) is 7.24. The first-order valence-corrected chi connectivity index (χ1v) is 10.3. The Morgan fingerprint density at radius 2 is 2.10 bits per heavy atom. The molecule has 1 aromatic heterocycles. The summed E-state index contributed by atoms with van der Waals surface area (Å²) < 4.78 is 1.94. The SMILES string of the molecule is Cn1nc(NCc2ccc3c(c2)CN(C2CCC(=O)NC2=O)C3=O)c2c1CCNC2. The predicted molar refractivity (Wildman–Crippen MR) is 108 cm³/mol. The Morgan fingerprint density at radius 1 is 1.23 bits per heavy atom. The average molecular weight is 408 g/mol. The number of nitrogens with zero attached hydrogens (tertiary/aromatic N) is 3. The first-order valence-electron chi connectivity index (χ1n) is 10.3. The number of carbonyl (C=O) groups excluding carboxylic acids is 3. The van der Waals surface area contributed by atoms with Crippen molar-refractivity contribution in [2.24, 2.45) is 7.05 Å². The van der Waals surface area contributed by atoms with Crippen molar-refractivity contribution in [3.8, 4) is 0 Å². The van der Waals surface area contributed by atoms with Gasteiger partial charge in [-0.25, -0.2) is 0 Å². The van der Waals surface area contributed by atoms with Gasteiger partial charge in [0.15, 0.2) is 5.82 Å². The fraction of sp³-hybridized carbons (Fsp3) is 0.429. The molecule has 3 aliphatic heterocycles. The second-order valence-electron chi connectivity index (χ2n) is 8.07. The van der Waals surface area contributed by atoms with E-state index in [0.29, 0.717) is 25.1 Å². The Kier molecular flexibility index (Phi) is 4.54. The lowest BCUT2D eigenvalue weighted by molar-refractivity contribution is -0.136. The number of aromatic nitrogens is 2. The highest BCUT2D eigenvalue weighted by atomic mass is 16.2. The van der Waals surface area contributed by atoms with Gasteiger partial charge in [0.25, 0.3) is 5.91 Å². The molecular formula is C21H24N6O3. The Morgan fingerprint density at radius 3 is 2.93 bits per heavy atom. The number of fused-ring (bicyclic) bond motifs is 2. The van der Waals surface area contributed by atoms with Crippen LogP contribution < -0.4 is 16.0 Å². The minimum Gasteiger partial charge on any atom is -0.364 e. The van der Waals surface area contributed by atoms with E-state index in [2.05, 4.69) is 21.0 Å². The third-order valence-electron chi connectivity index (χ3n) is 6.16. The summed E-state index contributed by atoms with van der Waals surface area (Å²) in [6, 6.07) is 5.19. The molecule has 1 atom stereocenters. The van der Waals surface area contributed by atoms with Gasteiger partial charge in [0.05, 0.1) is 0 Å². The molecule has 2 aromatic rings. The molecule has 3 aliphatic rings. The van der Waals surface area contributed by atoms with Crippen LogP contribution in [0.3, 0.4) is 0 Å². The van der Waals surface area contributed by atoms with Crippen molar-refractivity contribution in [1.29, 1.82) is 0 Å². The normalized spacial score (nSPS) is 20.8. The zero-order valence-corrected chi connectivity index (χ0v) is 16.8. The first kappa shape index (κ1) is 18.8. The van der Waals surface area contributed by atoms with E-state index in [1.807, 2.05) is 29.9 Å². The number of hydrogen-bond donors (Lipinski definition) is 3. The highest BCUT2D eigenvalue weighted by Gasteiger charge is 2.39. The van der Waals surface area contributed by atoms with Crippen molar-refractivity contribution < 1.29 is 14.4 Å². The Bertz CT molecular complexity index is 1060. The predicted octanol–water partition coefficient (Wildman–Crippen LogP) is 0.439. The second-order valence-corrected chi connectivity index (χ2v) is 8.07. The molecule has 156 valence electrons. The quantitative estimate of drug-likeness (QED) is 0.634. The van der Waals surface area contributed by atoms with E-state index < -0.39 is 6.04 Å². The zero-order valence-electron chi connectivity index (χ0n) is 16.8. The molecule has 9 nitrogen and oxygen atoms in total. The molecule has 1 saturated heterocycles. The van der Waals surface area contributed by atoms with E-state index in [-0.39, 0.29) is 24.1 Å². The lowest BCUT2D eigenvalue weighted by atomic mass is 10.0. The molecule has 3 amide bonds. The molecule has 0 spiro atoms. The van der Waals surface area contributed by atoms with Gasteiger partial charge in [-0.2, -0.15) is 5.10 Å². The number of rotatable bonds is 4. The fourth-order valence-corrected chi connectivity index (χ4v) is 4.59. The van der Waals surface area contributed by atoms with Crippen LogP contribution >= 0.6 is 0 Å². The largest absolute Gasteiger partial charge is 0.364 e. The topological polar surface area (TPSA) is 108 Å². The third kappa shape index (κ3) is 3.15. The number of nitrogens with one attached hydrogen (secondary N) is 3. The molecule has 3 N–H and O–H groups in total. The van der Waals surface area contributed by atoms with Crippen LogP contribution in [-0.2, 0) is 42.7 Å². The average Bonchev–Trinajstić information content (AvgIpc) is 3.23. The van der Waals surface area contributed by atoms with Crippen LogP contribution in [0.1, 0.15) is 45.6 Å².